The zero-order chi connectivity index (χ0) is 9.30. The normalized spacial score (nSPS) is 9.15. The Hall–Kier alpha value is -0.150. The number of nitrogen functional groups attached to an aromatic ring is 1. The van der Waals surface area contributed by atoms with Crippen molar-refractivity contribution in [2.45, 2.75) is 0 Å². The molecule has 0 heterocycles. The van der Waals surface area contributed by atoms with Crippen LogP contribution in [0.2, 0.25) is 10.0 Å². The average Bonchev–Trinajstić information content (AvgIpc) is 1.82. The third-order valence-corrected chi connectivity index (χ3v) is 2.05. The first-order valence-corrected chi connectivity index (χ1v) is 4.10. The van der Waals surface area contributed by atoms with Crippen molar-refractivity contribution in [1.82, 2.24) is 0 Å². The van der Waals surface area contributed by atoms with Gasteiger partial charge in [-0.2, -0.15) is 0 Å². The van der Waals surface area contributed by atoms with E-state index in [0.29, 0.717) is 5.69 Å². The Morgan fingerprint density at radius 3 is 1.92 bits per heavy atom. The number of hydrogen-bond acceptors (Lipinski definition) is 2. The topological polar surface area (TPSA) is 43.1 Å². The van der Waals surface area contributed by atoms with Crippen molar-refractivity contribution in [1.29, 1.82) is 0 Å². The molecule has 0 aliphatic carbocycles. The molecular weight excluding hydrogens is 256 g/mol. The molecule has 72 valence electrons. The van der Waals surface area contributed by atoms with Crippen LogP contribution in [-0.4, -0.2) is 5.24 Å². The Labute approximate surface area is 96.4 Å². The Morgan fingerprint density at radius 2 is 1.62 bits per heavy atom. The summed E-state index contributed by atoms with van der Waals surface area (Å²) in [4.78, 5) is 10.8. The fourth-order valence-corrected chi connectivity index (χ4v) is 1.76. The van der Waals surface area contributed by atoms with Crippen LogP contribution in [0.25, 0.3) is 0 Å². The molecule has 0 saturated heterocycles. The van der Waals surface area contributed by atoms with Crippen molar-refractivity contribution in [3.8, 4) is 0 Å². The Kier molecular flexibility index (Phi) is 4.86. The molecule has 0 saturated carbocycles. The first-order chi connectivity index (χ1) is 5.52. The second kappa shape index (κ2) is 4.91. The lowest BCUT2D eigenvalue weighted by Crippen LogP contribution is -1.94. The Morgan fingerprint density at radius 1 is 1.23 bits per heavy atom. The molecule has 1 aromatic carbocycles. The van der Waals surface area contributed by atoms with Crippen LogP contribution in [0.15, 0.2) is 12.1 Å². The van der Waals surface area contributed by atoms with Crippen LogP contribution >= 0.6 is 47.2 Å². The molecule has 1 aromatic rings. The van der Waals surface area contributed by atoms with Gasteiger partial charge in [-0.25, -0.2) is 0 Å². The van der Waals surface area contributed by atoms with Gasteiger partial charge in [0.25, 0.3) is 5.24 Å². The third kappa shape index (κ3) is 2.92. The minimum Gasteiger partial charge on any atom is -0.399 e. The van der Waals surface area contributed by atoms with Gasteiger partial charge in [0.15, 0.2) is 0 Å². The van der Waals surface area contributed by atoms with E-state index in [1.165, 1.54) is 12.1 Å². The highest BCUT2D eigenvalue weighted by Crippen LogP contribution is 2.28. The van der Waals surface area contributed by atoms with E-state index in [4.69, 9.17) is 40.5 Å². The number of hydrogen-bond donors (Lipinski definition) is 1. The average molecular weight is 261 g/mol. The van der Waals surface area contributed by atoms with Gasteiger partial charge in [-0.15, -0.1) is 12.4 Å². The van der Waals surface area contributed by atoms with Gasteiger partial charge in [0.2, 0.25) is 0 Å². The van der Waals surface area contributed by atoms with Crippen molar-refractivity contribution in [2.75, 3.05) is 5.73 Å². The predicted octanol–water partition coefficient (Wildman–Crippen LogP) is 3.38. The van der Waals surface area contributed by atoms with E-state index in [0.717, 1.165) is 0 Å². The number of rotatable bonds is 1. The molecular formula is C7H5Cl4NO. The van der Waals surface area contributed by atoms with E-state index < -0.39 is 5.24 Å². The smallest absolute Gasteiger partial charge is 0.255 e. The number of benzene rings is 1. The minimum absolute atomic E-state index is 0. The molecule has 0 aromatic heterocycles. The molecule has 1 rings (SSSR count). The zero-order valence-corrected chi connectivity index (χ0v) is 9.27. The van der Waals surface area contributed by atoms with Crippen molar-refractivity contribution in [3.63, 3.8) is 0 Å². The van der Waals surface area contributed by atoms with Crippen molar-refractivity contribution in [2.24, 2.45) is 0 Å². The monoisotopic (exact) mass is 259 g/mol. The fourth-order valence-electron chi connectivity index (χ4n) is 0.781. The van der Waals surface area contributed by atoms with Gasteiger partial charge < -0.3 is 5.73 Å². The highest BCUT2D eigenvalue weighted by molar-refractivity contribution is 6.70. The summed E-state index contributed by atoms with van der Waals surface area (Å²) < 4.78 is 0. The molecule has 0 aliphatic heterocycles. The summed E-state index contributed by atoms with van der Waals surface area (Å²) in [6.07, 6.45) is 0. The molecule has 0 spiro atoms. The van der Waals surface area contributed by atoms with Crippen LogP contribution in [0.4, 0.5) is 5.69 Å². The maximum absolute atomic E-state index is 10.8. The van der Waals surface area contributed by atoms with Gasteiger partial charge in [-0.1, -0.05) is 23.2 Å². The molecule has 0 amide bonds. The van der Waals surface area contributed by atoms with Gasteiger partial charge in [-0.05, 0) is 23.7 Å². The van der Waals surface area contributed by atoms with E-state index in [2.05, 4.69) is 0 Å². The van der Waals surface area contributed by atoms with E-state index in [-0.39, 0.29) is 28.0 Å². The molecule has 0 unspecified atom stereocenters. The van der Waals surface area contributed by atoms with Gasteiger partial charge in [0.05, 0.1) is 15.6 Å². The molecule has 0 fully saturated rings. The van der Waals surface area contributed by atoms with E-state index in [1.807, 2.05) is 0 Å². The molecule has 0 atom stereocenters. The maximum atomic E-state index is 10.8. The van der Waals surface area contributed by atoms with Gasteiger partial charge >= 0.3 is 0 Å². The van der Waals surface area contributed by atoms with Crippen LogP contribution < -0.4 is 5.73 Å². The predicted molar refractivity (Wildman–Crippen MR) is 58.3 cm³/mol. The number of carbonyl (C=O) groups is 1. The molecule has 6 heteroatoms. The summed E-state index contributed by atoms with van der Waals surface area (Å²) in [5, 5.41) is -0.356. The molecule has 2 N–H and O–H groups in total. The van der Waals surface area contributed by atoms with E-state index >= 15 is 0 Å². The first-order valence-electron chi connectivity index (χ1n) is 2.96. The molecule has 0 aliphatic rings. The summed E-state index contributed by atoms with van der Waals surface area (Å²) in [5.74, 6) is 0. The Balaban J connectivity index is 0.00000144. The molecule has 0 bridgehead atoms. The minimum atomic E-state index is -0.690. The van der Waals surface area contributed by atoms with E-state index in [1.54, 1.807) is 0 Å². The lowest BCUT2D eigenvalue weighted by atomic mass is 10.2. The standard InChI is InChI=1S/C7H4Cl3NO.ClH/c8-4-1-3(11)2-5(9)6(4)7(10)12;/h1-2H,11H2;1H. The third-order valence-electron chi connectivity index (χ3n) is 1.26. The van der Waals surface area contributed by atoms with Gasteiger partial charge in [0, 0.05) is 5.69 Å². The maximum Gasteiger partial charge on any atom is 0.255 e. The van der Waals surface area contributed by atoms with Crippen LogP contribution in [0.3, 0.4) is 0 Å². The molecule has 0 radical (unpaired) electrons. The number of anilines is 1. The largest absolute Gasteiger partial charge is 0.399 e. The van der Waals surface area contributed by atoms with E-state index in [9.17, 15) is 4.79 Å². The lowest BCUT2D eigenvalue weighted by Gasteiger charge is -2.02. The molecule has 13 heavy (non-hydrogen) atoms. The number of carbonyl (C=O) groups excluding carboxylic acids is 1. The van der Waals surface area contributed by atoms with Crippen LogP contribution in [0.5, 0.6) is 0 Å². The van der Waals surface area contributed by atoms with Crippen LogP contribution in [0, 0.1) is 0 Å². The second-order valence-corrected chi connectivity index (χ2v) is 3.29. The van der Waals surface area contributed by atoms with Gasteiger partial charge in [-0.3, -0.25) is 4.79 Å². The number of halogens is 4. The first kappa shape index (κ1) is 12.8. The van der Waals surface area contributed by atoms with Crippen molar-refractivity contribution >= 4 is 58.1 Å². The summed E-state index contributed by atoms with van der Waals surface area (Å²) >= 11 is 16.5. The lowest BCUT2D eigenvalue weighted by molar-refractivity contribution is 0.108. The quantitative estimate of drug-likeness (QED) is 0.622. The second-order valence-electron chi connectivity index (χ2n) is 2.13. The number of nitrogens with two attached hydrogens (primary N) is 1. The summed E-state index contributed by atoms with van der Waals surface area (Å²) in [6, 6.07) is 2.84. The van der Waals surface area contributed by atoms with Crippen molar-refractivity contribution < 1.29 is 4.79 Å². The fraction of sp³-hybridized carbons (Fsp3) is 0. The SMILES string of the molecule is Cl.Nc1cc(Cl)c(C(=O)Cl)c(Cl)c1. The highest BCUT2D eigenvalue weighted by Gasteiger charge is 2.12. The van der Waals surface area contributed by atoms with Crippen LogP contribution in [0.1, 0.15) is 10.4 Å². The van der Waals surface area contributed by atoms with Crippen LogP contribution in [-0.2, 0) is 0 Å². The highest BCUT2D eigenvalue weighted by atomic mass is 35.5. The Bertz CT molecular complexity index is 316. The summed E-state index contributed by atoms with van der Waals surface area (Å²) in [6.45, 7) is 0. The zero-order valence-electron chi connectivity index (χ0n) is 6.18. The molecule has 2 nitrogen and oxygen atoms in total. The van der Waals surface area contributed by atoms with Crippen molar-refractivity contribution in [3.05, 3.63) is 27.7 Å². The summed E-state index contributed by atoms with van der Waals surface area (Å²) in [7, 11) is 0. The van der Waals surface area contributed by atoms with Gasteiger partial charge in [0.1, 0.15) is 0 Å². The summed E-state index contributed by atoms with van der Waals surface area (Å²) in [5.41, 5.74) is 5.89.